The Morgan fingerprint density at radius 3 is 2.57 bits per heavy atom. The van der Waals surface area contributed by atoms with Crippen LogP contribution in [0, 0.1) is 12.8 Å². The van der Waals surface area contributed by atoms with E-state index in [0.29, 0.717) is 31.0 Å². The summed E-state index contributed by atoms with van der Waals surface area (Å²) >= 11 is 0. The predicted molar refractivity (Wildman–Crippen MR) is 245 cm³/mol. The maximum Gasteiger partial charge on any atom is 0.284 e. The summed E-state index contributed by atoms with van der Waals surface area (Å²) in [5.74, 6) is 0.396. The third kappa shape index (κ3) is 8.54. The zero-order valence-corrected chi connectivity index (χ0v) is 38.2. The number of hydrogen-bond acceptors (Lipinski definition) is 13. The van der Waals surface area contributed by atoms with Crippen LogP contribution in [0.3, 0.4) is 0 Å². The highest BCUT2D eigenvalue weighted by Crippen LogP contribution is 2.39. The largest absolute Gasteiger partial charge is 0.374 e. The average molecular weight is 924 g/mol. The summed E-state index contributed by atoms with van der Waals surface area (Å²) in [4.78, 5) is 51.4. The molecule has 1 saturated carbocycles. The van der Waals surface area contributed by atoms with Gasteiger partial charge in [-0.1, -0.05) is 25.3 Å². The van der Waals surface area contributed by atoms with E-state index in [-0.39, 0.29) is 46.9 Å². The molecule has 5 aromatic rings. The van der Waals surface area contributed by atoms with Crippen LogP contribution in [0.2, 0.25) is 0 Å². The molecular formula is C47H59F2N13O5. The fourth-order valence-corrected chi connectivity index (χ4v) is 11.8. The van der Waals surface area contributed by atoms with E-state index in [1.165, 1.54) is 29.0 Å². The predicted octanol–water partition coefficient (Wildman–Crippen LogP) is 4.76. The minimum atomic E-state index is -2.79. The van der Waals surface area contributed by atoms with Gasteiger partial charge in [0.25, 0.3) is 18.2 Å². The second-order valence-corrected chi connectivity index (χ2v) is 19.8. The van der Waals surface area contributed by atoms with Gasteiger partial charge in [-0.05, 0) is 70.2 Å². The minimum absolute atomic E-state index is 0.0325. The lowest BCUT2D eigenvalue weighted by Crippen LogP contribution is -2.59. The van der Waals surface area contributed by atoms with Crippen molar-refractivity contribution >= 4 is 51.5 Å². The number of nitrogens with one attached hydrogen (secondary N) is 2. The first kappa shape index (κ1) is 44.0. The molecule has 67 heavy (non-hydrogen) atoms. The van der Waals surface area contributed by atoms with Crippen LogP contribution in [0.15, 0.2) is 42.9 Å². The summed E-state index contributed by atoms with van der Waals surface area (Å²) in [6.45, 7) is 11.7. The van der Waals surface area contributed by atoms with Gasteiger partial charge in [0.05, 0.1) is 60.1 Å². The van der Waals surface area contributed by atoms with Gasteiger partial charge >= 0.3 is 0 Å². The highest BCUT2D eigenvalue weighted by atomic mass is 19.3. The normalized spacial score (nSPS) is 25.6. The molecule has 4 unspecified atom stereocenters. The van der Waals surface area contributed by atoms with Crippen LogP contribution in [-0.4, -0.2) is 152 Å². The highest BCUT2D eigenvalue weighted by molar-refractivity contribution is 6.08. The van der Waals surface area contributed by atoms with Crippen molar-refractivity contribution in [3.05, 3.63) is 59.8 Å². The Labute approximate surface area is 386 Å². The molecule has 7 fully saturated rings. The molecule has 6 aliphatic heterocycles. The van der Waals surface area contributed by atoms with E-state index in [9.17, 15) is 23.2 Å². The number of piperazine rings is 1. The average Bonchev–Trinajstić information content (AvgIpc) is 4.20. The number of hydrogen-bond donors (Lipinski definition) is 2. The number of amides is 3. The number of halogens is 2. The Balaban J connectivity index is 0.000000148. The van der Waals surface area contributed by atoms with Crippen LogP contribution < -0.4 is 20.4 Å². The number of benzene rings is 1. The first-order chi connectivity index (χ1) is 32.5. The maximum atomic E-state index is 13.7. The van der Waals surface area contributed by atoms with E-state index in [1.807, 2.05) is 23.7 Å². The van der Waals surface area contributed by atoms with Gasteiger partial charge in [0.15, 0.2) is 11.3 Å². The standard InChI is InChI=1S/C25H34N6O3.C22H25F2N7O2/c1-17-23-19(4-3-5-20(23)31(27-17)21-6-7-22(32)26-24(21)33)30-10-8-29(9-11-30)13-18-12-25(34-14-18)15-28(2)16-25;23-20(24)19-17(11-31(28-19)13-4-2-1-3-5-13)26-22(32)16-9-25-30-7-6-18(27-21(16)30)29-10-15-8-14(29)12-33-15/h3-5,18,21H,6-16H2,1-2H3,(H,26,32,33);6-7,9,11,13-15,20H,1-5,8,10,12H2,(H,26,32). The Kier molecular flexibility index (Phi) is 11.7. The number of carbonyl (C=O) groups excluding carboxylic acids is 3. The number of aromatic nitrogens is 7. The molecule has 7 aliphatic rings. The number of aryl methyl sites for hydroxylation is 1. The number of fused-ring (bicyclic) bond motifs is 4. The van der Waals surface area contributed by atoms with Crippen molar-refractivity contribution < 1.29 is 32.6 Å². The van der Waals surface area contributed by atoms with Crippen LogP contribution in [0.25, 0.3) is 16.6 Å². The number of anilines is 3. The van der Waals surface area contributed by atoms with Gasteiger partial charge in [-0.15, -0.1) is 0 Å². The van der Waals surface area contributed by atoms with Gasteiger partial charge in [-0.2, -0.15) is 15.3 Å². The molecule has 4 atom stereocenters. The molecule has 12 rings (SSSR count). The number of ether oxygens (including phenoxy) is 2. The van der Waals surface area contributed by atoms with Crippen molar-refractivity contribution in [3.63, 3.8) is 0 Å². The molecule has 10 heterocycles. The van der Waals surface area contributed by atoms with E-state index in [0.717, 1.165) is 120 Å². The van der Waals surface area contributed by atoms with Crippen LogP contribution in [0.1, 0.15) is 98.0 Å². The third-order valence-electron chi connectivity index (χ3n) is 15.0. The topological polar surface area (TPSA) is 173 Å². The van der Waals surface area contributed by atoms with Gasteiger partial charge in [-0.3, -0.25) is 34.0 Å². The Morgan fingerprint density at radius 2 is 1.84 bits per heavy atom. The van der Waals surface area contributed by atoms with Crippen molar-refractivity contribution in [2.75, 3.05) is 87.7 Å². The molecule has 1 aromatic carbocycles. The van der Waals surface area contributed by atoms with Crippen molar-refractivity contribution in [2.24, 2.45) is 5.92 Å². The fraction of sp³-hybridized carbons (Fsp3) is 0.596. The smallest absolute Gasteiger partial charge is 0.284 e. The third-order valence-corrected chi connectivity index (χ3v) is 15.0. The van der Waals surface area contributed by atoms with Crippen molar-refractivity contribution in [1.82, 2.24) is 49.3 Å². The molecule has 18 nitrogen and oxygen atoms in total. The number of imide groups is 1. The monoisotopic (exact) mass is 923 g/mol. The van der Waals surface area contributed by atoms with Gasteiger partial charge in [0, 0.05) is 82.2 Å². The SMILES string of the molecule is Cc1nn(C2CCC(=O)NC2=O)c2cccc(N3CCN(CC4COC5(C4)CN(C)C5)CC3)c12.O=C(Nc1cn(C2CCCCC2)nc1C(F)F)c1cnn2ccc(N3CC4CC3CO4)nc12. The Bertz CT molecular complexity index is 2660. The van der Waals surface area contributed by atoms with Crippen LogP contribution >= 0.6 is 0 Å². The summed E-state index contributed by atoms with van der Waals surface area (Å²) < 4.78 is 44.1. The van der Waals surface area contributed by atoms with Crippen LogP contribution in [0.5, 0.6) is 0 Å². The van der Waals surface area contributed by atoms with Gasteiger partial charge in [0.1, 0.15) is 17.4 Å². The molecule has 356 valence electrons. The van der Waals surface area contributed by atoms with Crippen molar-refractivity contribution in [3.8, 4) is 0 Å². The molecule has 2 bridgehead atoms. The Morgan fingerprint density at radius 1 is 1.01 bits per heavy atom. The number of alkyl halides is 2. The van der Waals surface area contributed by atoms with E-state index in [2.05, 4.69) is 64.6 Å². The fourth-order valence-electron chi connectivity index (χ4n) is 11.8. The van der Waals surface area contributed by atoms with E-state index in [4.69, 9.17) is 14.6 Å². The second-order valence-electron chi connectivity index (χ2n) is 19.8. The van der Waals surface area contributed by atoms with Crippen molar-refractivity contribution in [1.29, 1.82) is 0 Å². The molecule has 1 aliphatic carbocycles. The Hall–Kier alpha value is -5.57. The molecule has 4 aromatic heterocycles. The first-order valence-corrected chi connectivity index (χ1v) is 24.0. The number of piperidine rings is 1. The first-order valence-electron chi connectivity index (χ1n) is 24.0. The van der Waals surface area contributed by atoms with Crippen LogP contribution in [0.4, 0.5) is 26.0 Å². The number of morpholine rings is 1. The number of rotatable bonds is 9. The molecular weight excluding hydrogens is 865 g/mol. The number of likely N-dealkylation sites (tertiary alicyclic amines) is 1. The zero-order chi connectivity index (χ0) is 46.0. The second kappa shape index (κ2) is 17.8. The molecule has 6 saturated heterocycles. The summed E-state index contributed by atoms with van der Waals surface area (Å²) in [6, 6.07) is 8.06. The molecule has 1 spiro atoms. The van der Waals surface area contributed by atoms with Crippen LogP contribution in [-0.2, 0) is 19.1 Å². The molecule has 3 amide bonds. The van der Waals surface area contributed by atoms with E-state index < -0.39 is 24.1 Å². The zero-order valence-electron chi connectivity index (χ0n) is 38.2. The molecule has 20 heteroatoms. The van der Waals surface area contributed by atoms with Gasteiger partial charge < -0.3 is 29.5 Å². The quantitative estimate of drug-likeness (QED) is 0.194. The number of carbonyl (C=O) groups is 3. The lowest BCUT2D eigenvalue weighted by Gasteiger charge is -2.45. The van der Waals surface area contributed by atoms with E-state index in [1.54, 1.807) is 10.9 Å². The van der Waals surface area contributed by atoms with Gasteiger partial charge in [-0.25, -0.2) is 18.3 Å². The lowest BCUT2D eigenvalue weighted by atomic mass is 9.87. The highest BCUT2D eigenvalue weighted by Gasteiger charge is 2.48. The van der Waals surface area contributed by atoms with E-state index >= 15 is 0 Å². The summed E-state index contributed by atoms with van der Waals surface area (Å²) in [6.07, 6.45) is 10.2. The maximum absolute atomic E-state index is 13.7. The van der Waals surface area contributed by atoms with Crippen molar-refractivity contribution in [2.45, 2.75) is 101 Å². The summed E-state index contributed by atoms with van der Waals surface area (Å²) in [5.41, 5.74) is 3.44. The van der Waals surface area contributed by atoms with Gasteiger partial charge in [0.2, 0.25) is 5.91 Å². The summed E-state index contributed by atoms with van der Waals surface area (Å²) in [5, 5.41) is 19.3. The number of nitrogens with zero attached hydrogens (tertiary/aromatic N) is 11. The number of likely N-dealkylation sites (N-methyl/N-ethyl adjacent to an activating group) is 1. The lowest BCUT2D eigenvalue weighted by molar-refractivity contribution is -0.135. The molecule has 2 N–H and O–H groups in total. The molecule has 0 radical (unpaired) electrons. The minimum Gasteiger partial charge on any atom is -0.374 e. The summed E-state index contributed by atoms with van der Waals surface area (Å²) in [7, 11) is 2.16.